The Hall–Kier alpha value is -2.80. The summed E-state index contributed by atoms with van der Waals surface area (Å²) in [5, 5.41) is 0. The predicted molar refractivity (Wildman–Crippen MR) is 119 cm³/mol. The summed E-state index contributed by atoms with van der Waals surface area (Å²) in [5.41, 5.74) is 3.38. The molecule has 2 unspecified atom stereocenters. The fourth-order valence-corrected chi connectivity index (χ4v) is 4.30. The van der Waals surface area contributed by atoms with Crippen molar-refractivity contribution in [3.05, 3.63) is 89.2 Å². The first-order valence-electron chi connectivity index (χ1n) is 10.1. The molecule has 1 fully saturated rings. The molecule has 0 spiro atoms. The fourth-order valence-electron chi connectivity index (χ4n) is 3.54. The molecule has 2 aromatic carbocycles. The number of ether oxygens (including phenoxy) is 1. The first-order chi connectivity index (χ1) is 15.0. The molecule has 2 atom stereocenters. The molecule has 1 amide bonds. The summed E-state index contributed by atoms with van der Waals surface area (Å²) in [6.45, 7) is 2.60. The minimum Gasteiger partial charge on any atom is -0.493 e. The normalized spacial score (nSPS) is 18.1. The molecule has 1 aliphatic rings. The highest BCUT2D eigenvalue weighted by atomic mass is 79.9. The van der Waals surface area contributed by atoms with Crippen LogP contribution >= 0.6 is 15.9 Å². The molecule has 7 heteroatoms. The molecule has 3 aromatic rings. The lowest BCUT2D eigenvalue weighted by molar-refractivity contribution is -0.123. The molecular weight excluding hydrogens is 466 g/mol. The number of anilines is 1. The average molecular weight is 487 g/mol. The molecule has 31 heavy (non-hydrogen) atoms. The van der Waals surface area contributed by atoms with Crippen molar-refractivity contribution < 1.29 is 18.3 Å². The maximum absolute atomic E-state index is 13.6. The van der Waals surface area contributed by atoms with Gasteiger partial charge in [0.05, 0.1) is 12.6 Å². The van der Waals surface area contributed by atoms with Gasteiger partial charge in [0.2, 0.25) is 5.91 Å². The zero-order chi connectivity index (χ0) is 22.0. The number of halogens is 3. The number of carbonyl (C=O) groups excluding carboxylic acids is 1. The molecule has 0 saturated carbocycles. The molecule has 0 bridgehead atoms. The van der Waals surface area contributed by atoms with Gasteiger partial charge >= 0.3 is 0 Å². The summed E-state index contributed by atoms with van der Waals surface area (Å²) in [6, 6.07) is 14.7. The van der Waals surface area contributed by atoms with Crippen molar-refractivity contribution in [2.45, 2.75) is 30.6 Å². The molecular formula is C24H21BrF2N2O2. The number of aromatic nitrogens is 1. The van der Waals surface area contributed by atoms with E-state index in [9.17, 15) is 13.6 Å². The van der Waals surface area contributed by atoms with Crippen molar-refractivity contribution in [2.24, 2.45) is 0 Å². The Morgan fingerprint density at radius 1 is 1.06 bits per heavy atom. The summed E-state index contributed by atoms with van der Waals surface area (Å²) in [6.07, 6.45) is 3.56. The van der Waals surface area contributed by atoms with Gasteiger partial charge in [-0.05, 0) is 47.9 Å². The first-order valence-corrected chi connectivity index (χ1v) is 11.0. The smallest absolute Gasteiger partial charge is 0.243 e. The number of nitrogens with zero attached hydrogens (tertiary/aromatic N) is 2. The number of hydrogen-bond donors (Lipinski definition) is 0. The summed E-state index contributed by atoms with van der Waals surface area (Å²) < 4.78 is 32.7. The molecule has 0 N–H and O–H groups in total. The van der Waals surface area contributed by atoms with Crippen molar-refractivity contribution in [2.75, 3.05) is 11.5 Å². The van der Waals surface area contributed by atoms with Crippen LogP contribution in [0.1, 0.15) is 29.8 Å². The lowest BCUT2D eigenvalue weighted by Crippen LogP contribution is -2.56. The van der Waals surface area contributed by atoms with Gasteiger partial charge in [0.25, 0.3) is 0 Å². The van der Waals surface area contributed by atoms with Crippen LogP contribution in [0.25, 0.3) is 0 Å². The summed E-state index contributed by atoms with van der Waals surface area (Å²) in [4.78, 5) is 17.8. The average Bonchev–Trinajstić information content (AvgIpc) is 2.80. The number of pyridine rings is 1. The van der Waals surface area contributed by atoms with E-state index in [1.54, 1.807) is 0 Å². The van der Waals surface area contributed by atoms with E-state index in [0.29, 0.717) is 24.5 Å². The zero-order valence-corrected chi connectivity index (χ0v) is 18.5. The van der Waals surface area contributed by atoms with Gasteiger partial charge in [-0.3, -0.25) is 9.78 Å². The SMILES string of the molecule is CCc1ccc(CCOc2ccc(C3C(Br)C(=O)N3c3ccc(F)c(F)c3)cc2)nc1. The van der Waals surface area contributed by atoms with Gasteiger partial charge in [-0.1, -0.05) is 41.1 Å². The number of hydrogen-bond acceptors (Lipinski definition) is 3. The van der Waals surface area contributed by atoms with Gasteiger partial charge in [0.1, 0.15) is 10.6 Å². The van der Waals surface area contributed by atoms with Gasteiger partial charge in [-0.15, -0.1) is 0 Å². The monoisotopic (exact) mass is 486 g/mol. The van der Waals surface area contributed by atoms with Crippen molar-refractivity contribution >= 4 is 27.5 Å². The second-order valence-corrected chi connectivity index (χ2v) is 8.32. The summed E-state index contributed by atoms with van der Waals surface area (Å²) in [7, 11) is 0. The zero-order valence-electron chi connectivity index (χ0n) is 16.9. The van der Waals surface area contributed by atoms with Crippen LogP contribution in [-0.2, 0) is 17.6 Å². The number of amides is 1. The third-order valence-electron chi connectivity index (χ3n) is 5.35. The number of benzene rings is 2. The predicted octanol–water partition coefficient (Wildman–Crippen LogP) is 5.40. The van der Waals surface area contributed by atoms with Crippen molar-refractivity contribution in [3.8, 4) is 5.75 Å². The minimum absolute atomic E-state index is 0.196. The van der Waals surface area contributed by atoms with Crippen LogP contribution in [0.2, 0.25) is 0 Å². The quantitative estimate of drug-likeness (QED) is 0.331. The van der Waals surface area contributed by atoms with E-state index >= 15 is 0 Å². The largest absolute Gasteiger partial charge is 0.493 e. The Kier molecular flexibility index (Phi) is 6.32. The number of β-lactam (4-membered cyclic amide) rings is 1. The Bertz CT molecular complexity index is 1070. The molecule has 0 radical (unpaired) electrons. The molecule has 1 saturated heterocycles. The van der Waals surface area contributed by atoms with E-state index in [1.807, 2.05) is 36.5 Å². The van der Waals surface area contributed by atoms with E-state index in [0.717, 1.165) is 29.8 Å². The highest BCUT2D eigenvalue weighted by Crippen LogP contribution is 2.43. The number of carbonyl (C=O) groups is 1. The Morgan fingerprint density at radius 2 is 1.84 bits per heavy atom. The van der Waals surface area contributed by atoms with Crippen LogP contribution in [0.5, 0.6) is 5.75 Å². The van der Waals surface area contributed by atoms with Crippen molar-refractivity contribution in [1.29, 1.82) is 0 Å². The molecule has 1 aliphatic heterocycles. The van der Waals surface area contributed by atoms with E-state index in [1.165, 1.54) is 16.5 Å². The van der Waals surface area contributed by atoms with Crippen LogP contribution in [0, 0.1) is 11.6 Å². The number of alkyl halides is 1. The number of rotatable bonds is 7. The van der Waals surface area contributed by atoms with E-state index in [2.05, 4.69) is 33.9 Å². The van der Waals surface area contributed by atoms with Crippen LogP contribution in [-0.4, -0.2) is 22.3 Å². The minimum atomic E-state index is -0.982. The van der Waals surface area contributed by atoms with E-state index in [-0.39, 0.29) is 11.9 Å². The van der Waals surface area contributed by atoms with Gasteiger partial charge in [-0.25, -0.2) is 8.78 Å². The van der Waals surface area contributed by atoms with Gasteiger partial charge < -0.3 is 9.64 Å². The highest BCUT2D eigenvalue weighted by molar-refractivity contribution is 9.10. The van der Waals surface area contributed by atoms with Gasteiger partial charge in [0, 0.05) is 30.1 Å². The van der Waals surface area contributed by atoms with E-state index < -0.39 is 16.5 Å². The van der Waals surface area contributed by atoms with Crippen LogP contribution in [0.4, 0.5) is 14.5 Å². The topological polar surface area (TPSA) is 42.4 Å². The number of aryl methyl sites for hydroxylation is 1. The van der Waals surface area contributed by atoms with Crippen molar-refractivity contribution in [3.63, 3.8) is 0 Å². The van der Waals surface area contributed by atoms with E-state index in [4.69, 9.17) is 4.74 Å². The van der Waals surface area contributed by atoms with Gasteiger partial charge in [0.15, 0.2) is 11.6 Å². The van der Waals surface area contributed by atoms with Crippen LogP contribution in [0.3, 0.4) is 0 Å². The Labute approximate surface area is 188 Å². The summed E-state index contributed by atoms with van der Waals surface area (Å²) >= 11 is 3.40. The fraction of sp³-hybridized carbons (Fsp3) is 0.250. The molecule has 2 heterocycles. The Balaban J connectivity index is 1.40. The third kappa shape index (κ3) is 4.46. The second kappa shape index (κ2) is 9.14. The molecule has 160 valence electrons. The first kappa shape index (κ1) is 21.4. The molecule has 1 aromatic heterocycles. The lowest BCUT2D eigenvalue weighted by Gasteiger charge is -2.45. The van der Waals surface area contributed by atoms with Crippen LogP contribution in [0.15, 0.2) is 60.8 Å². The Morgan fingerprint density at radius 3 is 2.48 bits per heavy atom. The lowest BCUT2D eigenvalue weighted by atomic mass is 9.92. The van der Waals surface area contributed by atoms with Gasteiger partial charge in [-0.2, -0.15) is 0 Å². The third-order valence-corrected chi connectivity index (χ3v) is 6.25. The standard InChI is InChI=1S/C24H21BrF2N2O2/c1-2-15-3-6-17(28-14-15)11-12-31-19-8-4-16(5-9-19)23-22(25)24(30)29(23)18-7-10-20(26)21(27)13-18/h3-10,13-14,22-23H,2,11-12H2,1H3. The summed E-state index contributed by atoms with van der Waals surface area (Å²) in [5.74, 6) is -1.41. The highest BCUT2D eigenvalue weighted by Gasteiger charge is 2.47. The maximum Gasteiger partial charge on any atom is 0.243 e. The maximum atomic E-state index is 13.6. The second-order valence-electron chi connectivity index (χ2n) is 7.33. The molecule has 0 aliphatic carbocycles. The van der Waals surface area contributed by atoms with Crippen LogP contribution < -0.4 is 9.64 Å². The molecule has 4 rings (SSSR count). The molecule has 4 nitrogen and oxygen atoms in total. The van der Waals surface area contributed by atoms with Crippen molar-refractivity contribution in [1.82, 2.24) is 4.98 Å².